The maximum atomic E-state index is 13.0. The fraction of sp³-hybridized carbons (Fsp3) is 0.346. The van der Waals surface area contributed by atoms with E-state index < -0.39 is 0 Å². The number of hydrogen-bond donors (Lipinski definition) is 2. The van der Waals surface area contributed by atoms with Crippen molar-refractivity contribution in [3.63, 3.8) is 0 Å². The number of nitrogens with one attached hydrogen (secondary N) is 1. The van der Waals surface area contributed by atoms with Crippen LogP contribution in [0.2, 0.25) is 0 Å². The smallest absolute Gasteiger partial charge is 0.253 e. The summed E-state index contributed by atoms with van der Waals surface area (Å²) in [7, 11) is 0. The second-order valence-electron chi connectivity index (χ2n) is 9.28. The Morgan fingerprint density at radius 3 is 2.44 bits per heavy atom. The average molecular weight is 428 g/mol. The standard InChI is InChI=1S/C26H29N5O/c27-20-7-5-19(6-8-20)25(32)30-16-11-26(12-17-30)24-4-3-15-31(24)23-10-9-21(18-22(23)28-26)29-13-1-2-14-29/h3-10,15,18,28H,1-2,11-14,16-17,27H2. The summed E-state index contributed by atoms with van der Waals surface area (Å²) < 4.78 is 2.33. The highest BCUT2D eigenvalue weighted by Crippen LogP contribution is 2.44. The molecular formula is C26H29N5O. The van der Waals surface area contributed by atoms with Crippen LogP contribution in [0.25, 0.3) is 5.69 Å². The van der Waals surface area contributed by atoms with E-state index in [-0.39, 0.29) is 11.4 Å². The van der Waals surface area contributed by atoms with Crippen molar-refractivity contribution in [3.8, 4) is 5.69 Å². The molecule has 3 aromatic rings. The van der Waals surface area contributed by atoms with Crippen LogP contribution in [0.5, 0.6) is 0 Å². The molecule has 32 heavy (non-hydrogen) atoms. The van der Waals surface area contributed by atoms with Crippen molar-refractivity contribution in [2.45, 2.75) is 31.2 Å². The number of anilines is 3. The predicted octanol–water partition coefficient (Wildman–Crippen LogP) is 4.22. The minimum Gasteiger partial charge on any atom is -0.399 e. The zero-order valence-corrected chi connectivity index (χ0v) is 18.3. The van der Waals surface area contributed by atoms with Crippen LogP contribution in [-0.4, -0.2) is 41.6 Å². The molecule has 6 nitrogen and oxygen atoms in total. The van der Waals surface area contributed by atoms with E-state index in [1.165, 1.54) is 35.6 Å². The summed E-state index contributed by atoms with van der Waals surface area (Å²) in [4.78, 5) is 17.5. The maximum Gasteiger partial charge on any atom is 0.253 e. The summed E-state index contributed by atoms with van der Waals surface area (Å²) in [6.07, 6.45) is 6.47. The Labute approximate surface area is 188 Å². The van der Waals surface area contributed by atoms with Crippen LogP contribution < -0.4 is 16.0 Å². The molecule has 0 saturated carbocycles. The molecule has 3 N–H and O–H groups in total. The lowest BCUT2D eigenvalue weighted by Crippen LogP contribution is -2.51. The van der Waals surface area contributed by atoms with Crippen LogP contribution in [0.3, 0.4) is 0 Å². The van der Waals surface area contributed by atoms with Crippen molar-refractivity contribution in [2.24, 2.45) is 0 Å². The Morgan fingerprint density at radius 1 is 0.938 bits per heavy atom. The zero-order chi connectivity index (χ0) is 21.7. The number of nitrogen functional groups attached to an aromatic ring is 1. The third-order valence-electron chi connectivity index (χ3n) is 7.39. The number of fused-ring (bicyclic) bond motifs is 4. The van der Waals surface area contributed by atoms with E-state index in [1.807, 2.05) is 17.0 Å². The highest BCUT2D eigenvalue weighted by atomic mass is 16.2. The van der Waals surface area contributed by atoms with Crippen LogP contribution in [0.1, 0.15) is 41.7 Å². The van der Waals surface area contributed by atoms with Crippen molar-refractivity contribution < 1.29 is 4.79 Å². The normalized spacial score (nSPS) is 18.9. The van der Waals surface area contributed by atoms with Gasteiger partial charge in [-0.1, -0.05) is 0 Å². The Morgan fingerprint density at radius 2 is 1.69 bits per heavy atom. The van der Waals surface area contributed by atoms with Gasteiger partial charge < -0.3 is 25.4 Å². The first-order valence-corrected chi connectivity index (χ1v) is 11.6. The number of likely N-dealkylation sites (tertiary alicyclic amines) is 1. The van der Waals surface area contributed by atoms with Crippen molar-refractivity contribution in [1.29, 1.82) is 0 Å². The molecule has 0 aliphatic carbocycles. The van der Waals surface area contributed by atoms with Crippen molar-refractivity contribution >= 4 is 23.0 Å². The summed E-state index contributed by atoms with van der Waals surface area (Å²) in [5.41, 5.74) is 12.0. The fourth-order valence-corrected chi connectivity index (χ4v) is 5.59. The zero-order valence-electron chi connectivity index (χ0n) is 18.3. The van der Waals surface area contributed by atoms with Gasteiger partial charge in [0.1, 0.15) is 0 Å². The van der Waals surface area contributed by atoms with Crippen LogP contribution >= 0.6 is 0 Å². The molecule has 0 bridgehead atoms. The van der Waals surface area contributed by atoms with Gasteiger partial charge in [0.15, 0.2) is 0 Å². The predicted molar refractivity (Wildman–Crippen MR) is 129 cm³/mol. The van der Waals surface area contributed by atoms with Crippen LogP contribution in [0, 0.1) is 0 Å². The molecule has 164 valence electrons. The maximum absolute atomic E-state index is 13.0. The molecule has 3 aliphatic heterocycles. The molecule has 0 radical (unpaired) electrons. The molecule has 6 heteroatoms. The minimum absolute atomic E-state index is 0.0859. The molecule has 6 rings (SSSR count). The second-order valence-corrected chi connectivity index (χ2v) is 9.28. The minimum atomic E-state index is -0.155. The van der Waals surface area contributed by atoms with Gasteiger partial charge in [-0.05, 0) is 80.3 Å². The average Bonchev–Trinajstić information content (AvgIpc) is 3.53. The van der Waals surface area contributed by atoms with Gasteiger partial charge in [0, 0.05) is 55.0 Å². The van der Waals surface area contributed by atoms with Gasteiger partial charge in [0.25, 0.3) is 5.91 Å². The monoisotopic (exact) mass is 427 g/mol. The van der Waals surface area contributed by atoms with Gasteiger partial charge in [-0.15, -0.1) is 0 Å². The van der Waals surface area contributed by atoms with E-state index >= 15 is 0 Å². The molecule has 0 unspecified atom stereocenters. The molecule has 2 aromatic carbocycles. The number of carbonyl (C=O) groups is 1. The summed E-state index contributed by atoms with van der Waals surface area (Å²) in [6, 6.07) is 18.4. The number of aromatic nitrogens is 1. The molecule has 3 aliphatic rings. The van der Waals surface area contributed by atoms with E-state index in [9.17, 15) is 4.79 Å². The Balaban J connectivity index is 1.27. The lowest BCUT2D eigenvalue weighted by molar-refractivity contribution is 0.0676. The first kappa shape index (κ1) is 19.3. The number of nitrogens with two attached hydrogens (primary N) is 1. The molecule has 0 atom stereocenters. The van der Waals surface area contributed by atoms with E-state index in [4.69, 9.17) is 5.73 Å². The number of rotatable bonds is 2. The number of amides is 1. The molecule has 1 aromatic heterocycles. The Kier molecular flexibility index (Phi) is 4.42. The molecule has 2 saturated heterocycles. The topological polar surface area (TPSA) is 66.5 Å². The molecule has 1 spiro atoms. The van der Waals surface area contributed by atoms with Crippen molar-refractivity contribution in [1.82, 2.24) is 9.47 Å². The second kappa shape index (κ2) is 7.33. The van der Waals surface area contributed by atoms with Gasteiger partial charge in [0.2, 0.25) is 0 Å². The van der Waals surface area contributed by atoms with Crippen LogP contribution in [0.4, 0.5) is 17.1 Å². The molecule has 1 amide bonds. The third kappa shape index (κ3) is 3.05. The lowest BCUT2D eigenvalue weighted by Gasteiger charge is -2.46. The number of benzene rings is 2. The lowest BCUT2D eigenvalue weighted by atomic mass is 9.82. The summed E-state index contributed by atoms with van der Waals surface area (Å²) in [5.74, 6) is 0.0859. The van der Waals surface area contributed by atoms with Crippen LogP contribution in [-0.2, 0) is 5.54 Å². The Hall–Kier alpha value is -3.41. The molecular weight excluding hydrogens is 398 g/mol. The van der Waals surface area contributed by atoms with Gasteiger partial charge in [0.05, 0.1) is 16.9 Å². The number of carbonyl (C=O) groups excluding carboxylic acids is 1. The SMILES string of the molecule is Nc1ccc(C(=O)N2CCC3(CC2)Nc2cc(N4CCCC4)ccc2-n2cccc23)cc1. The molecule has 2 fully saturated rings. The van der Waals surface area contributed by atoms with Gasteiger partial charge >= 0.3 is 0 Å². The summed E-state index contributed by atoms with van der Waals surface area (Å²) in [6.45, 7) is 3.73. The largest absolute Gasteiger partial charge is 0.399 e. The highest BCUT2D eigenvalue weighted by molar-refractivity contribution is 5.94. The fourth-order valence-electron chi connectivity index (χ4n) is 5.59. The van der Waals surface area contributed by atoms with E-state index in [0.717, 1.165) is 39.0 Å². The highest BCUT2D eigenvalue weighted by Gasteiger charge is 2.42. The number of nitrogens with zero attached hydrogens (tertiary/aromatic N) is 3. The van der Waals surface area contributed by atoms with E-state index in [0.29, 0.717) is 11.3 Å². The van der Waals surface area contributed by atoms with Gasteiger partial charge in [-0.2, -0.15) is 0 Å². The van der Waals surface area contributed by atoms with E-state index in [1.54, 1.807) is 12.1 Å². The Bertz CT molecular complexity index is 1150. The first-order valence-electron chi connectivity index (χ1n) is 11.6. The first-order chi connectivity index (χ1) is 15.6. The van der Waals surface area contributed by atoms with Gasteiger partial charge in [-0.25, -0.2) is 0 Å². The van der Waals surface area contributed by atoms with Gasteiger partial charge in [-0.3, -0.25) is 4.79 Å². The quantitative estimate of drug-likeness (QED) is 0.601. The van der Waals surface area contributed by atoms with E-state index in [2.05, 4.69) is 51.3 Å². The summed E-state index contributed by atoms with van der Waals surface area (Å²) >= 11 is 0. The third-order valence-corrected chi connectivity index (χ3v) is 7.39. The summed E-state index contributed by atoms with van der Waals surface area (Å²) in [5, 5.41) is 3.92. The van der Waals surface area contributed by atoms with Crippen molar-refractivity contribution in [2.75, 3.05) is 42.1 Å². The molecule has 4 heterocycles. The number of piperidine rings is 1. The number of hydrogen-bond acceptors (Lipinski definition) is 4. The van der Waals surface area contributed by atoms with Crippen LogP contribution in [0.15, 0.2) is 60.8 Å². The van der Waals surface area contributed by atoms with Crippen molar-refractivity contribution in [3.05, 3.63) is 72.1 Å².